The number of benzene rings is 2. The van der Waals surface area contributed by atoms with E-state index in [1.807, 2.05) is 24.3 Å². The Morgan fingerprint density at radius 3 is 1.95 bits per heavy atom. The van der Waals surface area contributed by atoms with Gasteiger partial charge in [-0.1, -0.05) is 48.5 Å². The molecular formula is C29H35N7O7. The summed E-state index contributed by atoms with van der Waals surface area (Å²) in [6.07, 6.45) is 0.826. The minimum atomic E-state index is -1.62. The number of aliphatic carboxylic acids is 1. The normalized spacial score (nSPS) is 13.7. The van der Waals surface area contributed by atoms with Gasteiger partial charge in [-0.15, -0.1) is 0 Å². The summed E-state index contributed by atoms with van der Waals surface area (Å²) in [6.45, 7) is 0. The first-order valence-corrected chi connectivity index (χ1v) is 13.5. The van der Waals surface area contributed by atoms with Gasteiger partial charge in [0.2, 0.25) is 29.5 Å². The molecule has 0 aliphatic carbocycles. The lowest BCUT2D eigenvalue weighted by molar-refractivity contribution is -0.143. The van der Waals surface area contributed by atoms with Crippen LogP contribution in [0, 0.1) is 0 Å². The van der Waals surface area contributed by atoms with Crippen molar-refractivity contribution in [2.75, 3.05) is 0 Å². The Kier molecular flexibility index (Phi) is 11.3. The maximum absolute atomic E-state index is 13.7. The minimum Gasteiger partial charge on any atom is -0.480 e. The number of hydrogen-bond donors (Lipinski definition) is 8. The highest BCUT2D eigenvalue weighted by molar-refractivity contribution is 5.95. The molecule has 0 spiro atoms. The number of rotatable bonds is 16. The van der Waals surface area contributed by atoms with Gasteiger partial charge in [-0.05, 0) is 23.6 Å². The van der Waals surface area contributed by atoms with Crippen LogP contribution in [0.25, 0.3) is 10.9 Å². The van der Waals surface area contributed by atoms with Gasteiger partial charge < -0.3 is 43.2 Å². The fourth-order valence-corrected chi connectivity index (χ4v) is 4.44. The molecule has 11 N–H and O–H groups in total. The van der Waals surface area contributed by atoms with Crippen molar-refractivity contribution < 1.29 is 33.9 Å². The van der Waals surface area contributed by atoms with Crippen LogP contribution >= 0.6 is 0 Å². The van der Waals surface area contributed by atoms with Crippen LogP contribution in [-0.2, 0) is 41.6 Å². The molecule has 3 aromatic rings. The van der Waals surface area contributed by atoms with Crippen LogP contribution < -0.4 is 33.2 Å². The zero-order chi connectivity index (χ0) is 31.5. The van der Waals surface area contributed by atoms with Gasteiger partial charge in [0.1, 0.15) is 18.1 Å². The predicted octanol–water partition coefficient (Wildman–Crippen LogP) is -1.04. The van der Waals surface area contributed by atoms with Crippen LogP contribution in [0.15, 0.2) is 60.8 Å². The summed E-state index contributed by atoms with van der Waals surface area (Å²) in [7, 11) is 0. The van der Waals surface area contributed by atoms with Crippen molar-refractivity contribution >= 4 is 46.4 Å². The van der Waals surface area contributed by atoms with Gasteiger partial charge in [0.05, 0.1) is 12.5 Å². The molecule has 0 bridgehead atoms. The number of H-pyrrole nitrogens is 1. The summed E-state index contributed by atoms with van der Waals surface area (Å²) in [5, 5.41) is 17.8. The minimum absolute atomic E-state index is 0.00320. The zero-order valence-corrected chi connectivity index (χ0v) is 23.2. The van der Waals surface area contributed by atoms with E-state index in [-0.39, 0.29) is 25.7 Å². The fraction of sp³-hybridized carbons (Fsp3) is 0.310. The molecule has 4 atom stereocenters. The number of aromatic nitrogens is 1. The zero-order valence-electron chi connectivity index (χ0n) is 23.2. The second-order valence-electron chi connectivity index (χ2n) is 10.1. The maximum atomic E-state index is 13.7. The maximum Gasteiger partial charge on any atom is 0.326 e. The molecule has 14 heteroatoms. The molecule has 5 amide bonds. The van der Waals surface area contributed by atoms with Crippen molar-refractivity contribution in [3.05, 3.63) is 71.9 Å². The van der Waals surface area contributed by atoms with Gasteiger partial charge in [-0.3, -0.25) is 24.0 Å². The van der Waals surface area contributed by atoms with Gasteiger partial charge in [-0.25, -0.2) is 4.79 Å². The molecule has 3 rings (SSSR count). The molecule has 0 radical (unpaired) electrons. The molecule has 43 heavy (non-hydrogen) atoms. The standard InChI is InChI=1S/C29H35N7O7/c30-19(10-11-24(31)37)26(39)34-22(13-17-15-33-20-9-5-4-8-18(17)20)28(41)35-21(12-16-6-2-1-3-7-16)27(40)36-23(29(42)43)14-25(32)38/h1-9,15,19,21-23,33H,10-14,30H2,(H2,31,37)(H2,32,38)(H,34,39)(H,35,41)(H,36,40)(H,42,43). The average Bonchev–Trinajstić information content (AvgIpc) is 3.37. The number of para-hydroxylation sites is 1. The molecule has 0 saturated heterocycles. The van der Waals surface area contributed by atoms with Gasteiger partial charge >= 0.3 is 5.97 Å². The Hall–Kier alpha value is -5.24. The third kappa shape index (κ3) is 9.67. The number of primary amides is 2. The highest BCUT2D eigenvalue weighted by Gasteiger charge is 2.31. The van der Waals surface area contributed by atoms with Crippen LogP contribution in [0.5, 0.6) is 0 Å². The van der Waals surface area contributed by atoms with E-state index in [1.54, 1.807) is 36.5 Å². The number of carboxylic acids is 1. The summed E-state index contributed by atoms with van der Waals surface area (Å²) >= 11 is 0. The molecule has 0 aliphatic rings. The number of fused-ring (bicyclic) bond motifs is 1. The van der Waals surface area contributed by atoms with Gasteiger partial charge in [0, 0.05) is 36.4 Å². The third-order valence-corrected chi connectivity index (χ3v) is 6.71. The Morgan fingerprint density at radius 2 is 1.33 bits per heavy atom. The number of hydrogen-bond acceptors (Lipinski definition) is 7. The monoisotopic (exact) mass is 593 g/mol. The summed E-state index contributed by atoms with van der Waals surface area (Å²) in [5.41, 5.74) is 18.4. The summed E-state index contributed by atoms with van der Waals surface area (Å²) in [6, 6.07) is 10.7. The Labute approximate surface area is 246 Å². The van der Waals surface area contributed by atoms with E-state index in [2.05, 4.69) is 20.9 Å². The van der Waals surface area contributed by atoms with E-state index in [0.29, 0.717) is 11.1 Å². The molecule has 2 aromatic carbocycles. The molecule has 1 heterocycles. The second kappa shape index (κ2) is 15.1. The van der Waals surface area contributed by atoms with Crippen molar-refractivity contribution in [3.63, 3.8) is 0 Å². The molecule has 0 aliphatic heterocycles. The smallest absolute Gasteiger partial charge is 0.326 e. The Morgan fingerprint density at radius 1 is 0.744 bits per heavy atom. The Bertz CT molecular complexity index is 1470. The lowest BCUT2D eigenvalue weighted by atomic mass is 10.0. The van der Waals surface area contributed by atoms with E-state index in [0.717, 1.165) is 10.9 Å². The second-order valence-corrected chi connectivity index (χ2v) is 10.1. The van der Waals surface area contributed by atoms with Crippen molar-refractivity contribution in [1.29, 1.82) is 0 Å². The fourth-order valence-electron chi connectivity index (χ4n) is 4.44. The Balaban J connectivity index is 1.89. The number of carboxylic acid groups (broad SMARTS) is 1. The van der Waals surface area contributed by atoms with E-state index in [1.165, 1.54) is 0 Å². The molecule has 0 saturated carbocycles. The van der Waals surface area contributed by atoms with Crippen LogP contribution in [0.4, 0.5) is 0 Å². The van der Waals surface area contributed by atoms with Crippen LogP contribution in [-0.4, -0.2) is 69.8 Å². The van der Waals surface area contributed by atoms with Crippen molar-refractivity contribution in [2.24, 2.45) is 17.2 Å². The quantitative estimate of drug-likeness (QED) is 0.102. The van der Waals surface area contributed by atoms with Crippen LogP contribution in [0.2, 0.25) is 0 Å². The molecule has 1 aromatic heterocycles. The van der Waals surface area contributed by atoms with E-state index >= 15 is 0 Å². The average molecular weight is 594 g/mol. The first kappa shape index (κ1) is 32.3. The summed E-state index contributed by atoms with van der Waals surface area (Å²) < 4.78 is 0. The van der Waals surface area contributed by atoms with E-state index in [4.69, 9.17) is 17.2 Å². The summed E-state index contributed by atoms with van der Waals surface area (Å²) in [5.74, 6) is -5.39. The summed E-state index contributed by atoms with van der Waals surface area (Å²) in [4.78, 5) is 77.2. The highest BCUT2D eigenvalue weighted by Crippen LogP contribution is 2.19. The molecule has 0 fully saturated rings. The first-order valence-electron chi connectivity index (χ1n) is 13.5. The molecule has 4 unspecified atom stereocenters. The van der Waals surface area contributed by atoms with E-state index < -0.39 is 66.1 Å². The third-order valence-electron chi connectivity index (χ3n) is 6.71. The topological polar surface area (TPSA) is 253 Å². The number of carbonyl (C=O) groups is 6. The van der Waals surface area contributed by atoms with Gasteiger partial charge in [0.15, 0.2) is 0 Å². The van der Waals surface area contributed by atoms with Crippen molar-refractivity contribution in [3.8, 4) is 0 Å². The van der Waals surface area contributed by atoms with Gasteiger partial charge in [0.25, 0.3) is 0 Å². The molecular weight excluding hydrogens is 558 g/mol. The van der Waals surface area contributed by atoms with E-state index in [9.17, 15) is 33.9 Å². The van der Waals surface area contributed by atoms with Crippen molar-refractivity contribution in [2.45, 2.75) is 56.3 Å². The lowest BCUT2D eigenvalue weighted by Gasteiger charge is -2.25. The number of amides is 5. The van der Waals surface area contributed by atoms with Crippen LogP contribution in [0.3, 0.4) is 0 Å². The van der Waals surface area contributed by atoms with Crippen LogP contribution in [0.1, 0.15) is 30.4 Å². The number of nitrogens with two attached hydrogens (primary N) is 3. The van der Waals surface area contributed by atoms with Crippen molar-refractivity contribution in [1.82, 2.24) is 20.9 Å². The lowest BCUT2D eigenvalue weighted by Crippen LogP contribution is -2.58. The SMILES string of the molecule is NC(=O)CCC(N)C(=O)NC(Cc1c[nH]c2ccccc12)C(=O)NC(Cc1ccccc1)C(=O)NC(CC(N)=O)C(=O)O. The molecule has 228 valence electrons. The molecule has 14 nitrogen and oxygen atoms in total. The van der Waals surface area contributed by atoms with Gasteiger partial charge in [-0.2, -0.15) is 0 Å². The number of nitrogens with one attached hydrogen (secondary N) is 4. The number of carbonyl (C=O) groups excluding carboxylic acids is 5. The largest absolute Gasteiger partial charge is 0.480 e. The number of aromatic amines is 1. The highest BCUT2D eigenvalue weighted by atomic mass is 16.4. The first-order chi connectivity index (χ1) is 20.4. The predicted molar refractivity (Wildman–Crippen MR) is 156 cm³/mol.